The largest absolute Gasteiger partial charge is 0.507 e. The highest BCUT2D eigenvalue weighted by Gasteiger charge is 2.48. The molecule has 1 amide bonds. The van der Waals surface area contributed by atoms with Crippen molar-refractivity contribution in [1.82, 2.24) is 0 Å². The van der Waals surface area contributed by atoms with Crippen molar-refractivity contribution in [3.8, 4) is 5.75 Å². The number of carbonyl (C=O) groups excluding carboxylic acids is 2. The molecule has 1 aromatic heterocycles. The van der Waals surface area contributed by atoms with E-state index in [0.717, 1.165) is 28.9 Å². The maximum atomic E-state index is 13.2. The second-order valence-corrected chi connectivity index (χ2v) is 7.90. The van der Waals surface area contributed by atoms with Gasteiger partial charge in [-0.2, -0.15) is 0 Å². The van der Waals surface area contributed by atoms with Crippen molar-refractivity contribution in [3.05, 3.63) is 88.4 Å². The van der Waals surface area contributed by atoms with Gasteiger partial charge in [-0.25, -0.2) is 0 Å². The lowest BCUT2D eigenvalue weighted by Crippen LogP contribution is -2.30. The maximum absolute atomic E-state index is 13.2. The molecule has 2 aromatic carbocycles. The smallest absolute Gasteiger partial charge is 0.300 e. The van der Waals surface area contributed by atoms with E-state index in [1.807, 2.05) is 32.0 Å². The molecule has 156 valence electrons. The Balaban J connectivity index is 1.70. The fourth-order valence-corrected chi connectivity index (χ4v) is 4.36. The van der Waals surface area contributed by atoms with Crippen molar-refractivity contribution < 1.29 is 23.8 Å². The van der Waals surface area contributed by atoms with E-state index < -0.39 is 17.7 Å². The zero-order chi connectivity index (χ0) is 21.7. The quantitative estimate of drug-likeness (QED) is 0.388. The van der Waals surface area contributed by atoms with E-state index in [-0.39, 0.29) is 11.3 Å². The predicted octanol–water partition coefficient (Wildman–Crippen LogP) is 4.46. The number of ketones is 1. The zero-order valence-corrected chi connectivity index (χ0v) is 17.2. The van der Waals surface area contributed by atoms with Crippen LogP contribution in [0.4, 0.5) is 5.69 Å². The number of benzene rings is 2. The van der Waals surface area contributed by atoms with Crippen LogP contribution in [0.2, 0.25) is 0 Å². The number of nitrogens with zero attached hydrogens (tertiary/aromatic N) is 1. The van der Waals surface area contributed by atoms with Gasteiger partial charge in [0, 0.05) is 17.7 Å². The molecule has 1 atom stereocenters. The Bertz CT molecular complexity index is 1240. The summed E-state index contributed by atoms with van der Waals surface area (Å²) in [5, 5.41) is 11.2. The molecule has 0 aliphatic carbocycles. The highest BCUT2D eigenvalue weighted by Crippen LogP contribution is 2.43. The van der Waals surface area contributed by atoms with Crippen molar-refractivity contribution in [2.45, 2.75) is 26.3 Å². The van der Waals surface area contributed by atoms with Gasteiger partial charge < -0.3 is 14.3 Å². The van der Waals surface area contributed by atoms with Crippen LogP contribution in [0.25, 0.3) is 5.76 Å². The van der Waals surface area contributed by atoms with E-state index in [1.54, 1.807) is 30.3 Å². The number of rotatable bonds is 3. The van der Waals surface area contributed by atoms with E-state index >= 15 is 0 Å². The normalized spacial score (nSPS) is 19.5. The molecule has 0 bridgehead atoms. The van der Waals surface area contributed by atoms with Crippen molar-refractivity contribution >= 4 is 23.1 Å². The molecular weight excluding hydrogens is 394 g/mol. The average molecular weight is 415 g/mol. The molecule has 1 fully saturated rings. The summed E-state index contributed by atoms with van der Waals surface area (Å²) in [6, 6.07) is 13.5. The van der Waals surface area contributed by atoms with Gasteiger partial charge in [-0.05, 0) is 61.4 Å². The SMILES string of the molecule is Cc1ccc(N2C(=O)C(=O)/C(=C(\O)c3ccc4c(c3)CCO4)C2c2ccco2)c(C)c1. The van der Waals surface area contributed by atoms with Crippen molar-refractivity contribution in [3.63, 3.8) is 0 Å². The number of aliphatic hydroxyl groups is 1. The number of ether oxygens (including phenoxy) is 1. The Morgan fingerprint density at radius 1 is 1.10 bits per heavy atom. The highest BCUT2D eigenvalue weighted by atomic mass is 16.5. The highest BCUT2D eigenvalue weighted by molar-refractivity contribution is 6.51. The summed E-state index contributed by atoms with van der Waals surface area (Å²) in [6.07, 6.45) is 2.22. The monoisotopic (exact) mass is 415 g/mol. The van der Waals surface area contributed by atoms with Crippen molar-refractivity contribution in [2.75, 3.05) is 11.5 Å². The Labute approximate surface area is 179 Å². The van der Waals surface area contributed by atoms with Gasteiger partial charge in [0.15, 0.2) is 0 Å². The van der Waals surface area contributed by atoms with Crippen LogP contribution in [0, 0.1) is 13.8 Å². The van der Waals surface area contributed by atoms with Gasteiger partial charge in [-0.1, -0.05) is 17.7 Å². The lowest BCUT2D eigenvalue weighted by molar-refractivity contribution is -0.132. The zero-order valence-electron chi connectivity index (χ0n) is 17.2. The summed E-state index contributed by atoms with van der Waals surface area (Å²) >= 11 is 0. The first-order chi connectivity index (χ1) is 15.0. The molecule has 31 heavy (non-hydrogen) atoms. The van der Waals surface area contributed by atoms with Gasteiger partial charge in [0.25, 0.3) is 11.7 Å². The number of amides is 1. The summed E-state index contributed by atoms with van der Waals surface area (Å²) in [7, 11) is 0. The van der Waals surface area contributed by atoms with E-state index in [0.29, 0.717) is 23.6 Å². The van der Waals surface area contributed by atoms with E-state index in [4.69, 9.17) is 9.15 Å². The molecule has 1 saturated heterocycles. The molecule has 2 aliphatic heterocycles. The lowest BCUT2D eigenvalue weighted by atomic mass is 9.97. The number of hydrogen-bond donors (Lipinski definition) is 1. The fourth-order valence-electron chi connectivity index (χ4n) is 4.36. The molecule has 2 aliphatic rings. The van der Waals surface area contributed by atoms with Crippen LogP contribution < -0.4 is 9.64 Å². The van der Waals surface area contributed by atoms with E-state index in [1.165, 1.54) is 11.2 Å². The molecule has 0 spiro atoms. The van der Waals surface area contributed by atoms with Gasteiger partial charge in [-0.3, -0.25) is 14.5 Å². The number of carbonyl (C=O) groups is 2. The number of fused-ring (bicyclic) bond motifs is 1. The van der Waals surface area contributed by atoms with Gasteiger partial charge in [-0.15, -0.1) is 0 Å². The number of furan rings is 1. The predicted molar refractivity (Wildman–Crippen MR) is 115 cm³/mol. The van der Waals surface area contributed by atoms with Gasteiger partial charge in [0.2, 0.25) is 0 Å². The van der Waals surface area contributed by atoms with Gasteiger partial charge in [0.05, 0.1) is 18.4 Å². The van der Waals surface area contributed by atoms with Crippen LogP contribution in [0.1, 0.15) is 34.1 Å². The minimum absolute atomic E-state index is 0.0128. The molecule has 1 N–H and O–H groups in total. The van der Waals surface area contributed by atoms with E-state index in [2.05, 4.69) is 0 Å². The molecule has 5 rings (SSSR count). The molecule has 0 radical (unpaired) electrons. The average Bonchev–Trinajstić information content (AvgIpc) is 3.48. The minimum atomic E-state index is -0.860. The maximum Gasteiger partial charge on any atom is 0.300 e. The Hall–Kier alpha value is -3.80. The number of hydrogen-bond acceptors (Lipinski definition) is 5. The second kappa shape index (κ2) is 7.16. The minimum Gasteiger partial charge on any atom is -0.507 e. The van der Waals surface area contributed by atoms with Crippen LogP contribution in [0.5, 0.6) is 5.75 Å². The molecule has 1 unspecified atom stereocenters. The number of aliphatic hydroxyl groups excluding tert-OH is 1. The Morgan fingerprint density at radius 3 is 2.68 bits per heavy atom. The third kappa shape index (κ3) is 3.03. The van der Waals surface area contributed by atoms with Gasteiger partial charge in [0.1, 0.15) is 23.3 Å². The van der Waals surface area contributed by atoms with Crippen molar-refractivity contribution in [2.24, 2.45) is 0 Å². The third-order valence-corrected chi connectivity index (χ3v) is 5.83. The second-order valence-electron chi connectivity index (χ2n) is 7.90. The first-order valence-corrected chi connectivity index (χ1v) is 10.1. The van der Waals surface area contributed by atoms with Crippen LogP contribution in [0.15, 0.2) is 64.8 Å². The topological polar surface area (TPSA) is 80.0 Å². The number of aryl methyl sites for hydroxylation is 2. The fraction of sp³-hybridized carbons (Fsp3) is 0.200. The van der Waals surface area contributed by atoms with Crippen LogP contribution in [-0.4, -0.2) is 23.4 Å². The molecule has 0 saturated carbocycles. The molecule has 3 aromatic rings. The summed E-state index contributed by atoms with van der Waals surface area (Å²) in [5.74, 6) is -0.475. The van der Waals surface area contributed by atoms with Crippen molar-refractivity contribution in [1.29, 1.82) is 0 Å². The summed E-state index contributed by atoms with van der Waals surface area (Å²) in [6.45, 7) is 4.44. The molecule has 6 heteroatoms. The standard InChI is InChI=1S/C25H21NO5/c1-14-5-7-18(15(2)12-14)26-22(20-4-3-10-30-20)21(24(28)25(26)29)23(27)17-6-8-19-16(13-17)9-11-31-19/h3-8,10,12-13,22,27H,9,11H2,1-2H3/b23-21-. The molecule has 3 heterocycles. The van der Waals surface area contributed by atoms with E-state index in [9.17, 15) is 14.7 Å². The third-order valence-electron chi connectivity index (χ3n) is 5.83. The molecule has 6 nitrogen and oxygen atoms in total. The van der Waals surface area contributed by atoms with Crippen LogP contribution in [-0.2, 0) is 16.0 Å². The first kappa shape index (κ1) is 19.2. The summed E-state index contributed by atoms with van der Waals surface area (Å²) < 4.78 is 11.1. The van der Waals surface area contributed by atoms with Gasteiger partial charge >= 0.3 is 0 Å². The number of Topliss-reactive ketones (excluding diaryl/α,β-unsaturated/α-hetero) is 1. The Kier molecular flexibility index (Phi) is 4.43. The van der Waals surface area contributed by atoms with Crippen LogP contribution in [0.3, 0.4) is 0 Å². The number of anilines is 1. The lowest BCUT2D eigenvalue weighted by Gasteiger charge is -2.25. The Morgan fingerprint density at radius 2 is 1.94 bits per heavy atom. The summed E-state index contributed by atoms with van der Waals surface area (Å²) in [5.41, 5.74) is 3.96. The first-order valence-electron chi connectivity index (χ1n) is 10.1. The molecular formula is C25H21NO5. The van der Waals surface area contributed by atoms with Crippen LogP contribution >= 0.6 is 0 Å². The summed E-state index contributed by atoms with van der Waals surface area (Å²) in [4.78, 5) is 27.7.